The Balaban J connectivity index is 1.82. The minimum absolute atomic E-state index is 0.0218. The van der Waals surface area contributed by atoms with E-state index >= 15 is 0 Å². The molecular formula is C30H50O7. The van der Waals surface area contributed by atoms with Crippen LogP contribution in [0.25, 0.3) is 0 Å². The number of carbonyl (C=O) groups is 1. The number of hydrogen-bond acceptors (Lipinski definition) is 6. The number of aliphatic carboxylic acids is 1. The molecule has 0 aromatic rings. The molecule has 0 spiro atoms. The second-order valence-corrected chi connectivity index (χ2v) is 14.7. The average molecular weight is 523 g/mol. The molecule has 4 aliphatic carbocycles. The molecule has 4 aliphatic rings. The highest BCUT2D eigenvalue weighted by Crippen LogP contribution is 2.74. The Bertz CT molecular complexity index is 946. The predicted octanol–water partition coefficient (Wildman–Crippen LogP) is 3.51. The number of rotatable bonds is 6. The van der Waals surface area contributed by atoms with Crippen LogP contribution in [-0.2, 0) is 4.79 Å². The third-order valence-electron chi connectivity index (χ3n) is 12.8. The third kappa shape index (κ3) is 3.89. The molecule has 0 amide bonds. The average Bonchev–Trinajstić information content (AvgIpc) is 2.83. The van der Waals surface area contributed by atoms with Crippen LogP contribution in [0.15, 0.2) is 11.6 Å². The molecule has 37 heavy (non-hydrogen) atoms. The lowest BCUT2D eigenvalue weighted by molar-refractivity contribution is -0.219. The van der Waals surface area contributed by atoms with Gasteiger partial charge in [0.15, 0.2) is 0 Å². The zero-order chi connectivity index (χ0) is 27.8. The number of fused-ring (bicyclic) bond motifs is 5. The topological polar surface area (TPSA) is 138 Å². The maximum Gasteiger partial charge on any atom is 0.303 e. The van der Waals surface area contributed by atoms with E-state index in [4.69, 9.17) is 0 Å². The summed E-state index contributed by atoms with van der Waals surface area (Å²) >= 11 is 0. The van der Waals surface area contributed by atoms with Crippen LogP contribution in [-0.4, -0.2) is 67.6 Å². The summed E-state index contributed by atoms with van der Waals surface area (Å²) in [5, 5.41) is 63.5. The van der Waals surface area contributed by atoms with Gasteiger partial charge in [-0.2, -0.15) is 0 Å². The van der Waals surface area contributed by atoms with Crippen LogP contribution in [0.4, 0.5) is 0 Å². The highest BCUT2D eigenvalue weighted by atomic mass is 16.4. The van der Waals surface area contributed by atoms with Crippen molar-refractivity contribution in [2.45, 2.75) is 111 Å². The van der Waals surface area contributed by atoms with Gasteiger partial charge < -0.3 is 30.6 Å². The van der Waals surface area contributed by atoms with Crippen molar-refractivity contribution in [3.8, 4) is 0 Å². The summed E-state index contributed by atoms with van der Waals surface area (Å²) in [4.78, 5) is 11.7. The van der Waals surface area contributed by atoms with E-state index < -0.39 is 40.0 Å². The molecular weight excluding hydrogens is 472 g/mol. The fourth-order valence-corrected chi connectivity index (χ4v) is 9.95. The van der Waals surface area contributed by atoms with Gasteiger partial charge in [0.2, 0.25) is 0 Å². The van der Waals surface area contributed by atoms with Gasteiger partial charge in [-0.15, -0.1) is 0 Å². The van der Waals surface area contributed by atoms with Crippen molar-refractivity contribution >= 4 is 5.97 Å². The number of carboxylic acids is 1. The smallest absolute Gasteiger partial charge is 0.303 e. The van der Waals surface area contributed by atoms with Crippen molar-refractivity contribution in [1.29, 1.82) is 0 Å². The van der Waals surface area contributed by atoms with Crippen LogP contribution in [0.1, 0.15) is 92.9 Å². The molecule has 6 N–H and O–H groups in total. The second kappa shape index (κ2) is 9.02. The monoisotopic (exact) mass is 522 g/mol. The molecule has 0 heterocycles. The molecule has 0 saturated heterocycles. The summed E-state index contributed by atoms with van der Waals surface area (Å²) in [6.45, 7) is 11.9. The molecule has 7 heteroatoms. The molecule has 3 unspecified atom stereocenters. The van der Waals surface area contributed by atoms with E-state index in [2.05, 4.69) is 33.8 Å². The van der Waals surface area contributed by atoms with Gasteiger partial charge in [-0.3, -0.25) is 4.79 Å². The third-order valence-corrected chi connectivity index (χ3v) is 12.8. The molecule has 7 nitrogen and oxygen atoms in total. The number of carboxylic acid groups (broad SMARTS) is 1. The van der Waals surface area contributed by atoms with Crippen LogP contribution in [0, 0.1) is 44.8 Å². The summed E-state index contributed by atoms with van der Waals surface area (Å²) < 4.78 is 0. The van der Waals surface area contributed by atoms with Crippen LogP contribution in [0.5, 0.6) is 0 Å². The van der Waals surface area contributed by atoms with Gasteiger partial charge in [0.25, 0.3) is 0 Å². The van der Waals surface area contributed by atoms with E-state index in [-0.39, 0.29) is 48.2 Å². The summed E-state index contributed by atoms with van der Waals surface area (Å²) in [5.74, 6) is -0.916. The fraction of sp³-hybridized carbons (Fsp3) is 0.900. The lowest BCUT2D eigenvalue weighted by Crippen LogP contribution is -2.67. The zero-order valence-corrected chi connectivity index (χ0v) is 23.6. The normalized spacial score (nSPS) is 51.2. The van der Waals surface area contributed by atoms with E-state index in [9.17, 15) is 35.4 Å². The fourth-order valence-electron chi connectivity index (χ4n) is 9.95. The zero-order valence-electron chi connectivity index (χ0n) is 23.6. The second-order valence-electron chi connectivity index (χ2n) is 14.7. The highest BCUT2D eigenvalue weighted by molar-refractivity contribution is 5.66. The Kier molecular flexibility index (Phi) is 7.07. The number of allylic oxidation sites excluding steroid dienone is 2. The number of aliphatic hydroxyl groups is 5. The minimum Gasteiger partial charge on any atom is -0.481 e. The van der Waals surface area contributed by atoms with Crippen LogP contribution in [0.2, 0.25) is 0 Å². The van der Waals surface area contributed by atoms with E-state index in [1.165, 1.54) is 5.57 Å². The van der Waals surface area contributed by atoms with Gasteiger partial charge in [-0.25, -0.2) is 0 Å². The Labute approximate surface area is 222 Å². The van der Waals surface area contributed by atoms with Crippen molar-refractivity contribution in [2.24, 2.45) is 44.8 Å². The largest absolute Gasteiger partial charge is 0.481 e. The quantitative estimate of drug-likeness (QED) is 0.294. The van der Waals surface area contributed by atoms with Gasteiger partial charge in [-0.1, -0.05) is 46.3 Å². The first-order valence-electron chi connectivity index (χ1n) is 14.2. The first-order chi connectivity index (χ1) is 17.0. The Morgan fingerprint density at radius 1 is 1.05 bits per heavy atom. The van der Waals surface area contributed by atoms with Gasteiger partial charge in [0, 0.05) is 17.3 Å². The van der Waals surface area contributed by atoms with E-state index in [0.29, 0.717) is 19.3 Å². The first kappa shape index (κ1) is 29.0. The van der Waals surface area contributed by atoms with Gasteiger partial charge in [0.1, 0.15) is 0 Å². The van der Waals surface area contributed by atoms with Crippen molar-refractivity contribution in [2.75, 3.05) is 13.2 Å². The lowest BCUT2D eigenvalue weighted by atomic mass is 9.35. The van der Waals surface area contributed by atoms with E-state index in [0.717, 1.165) is 25.7 Å². The molecule has 0 aromatic carbocycles. The van der Waals surface area contributed by atoms with Crippen LogP contribution in [0.3, 0.4) is 0 Å². The van der Waals surface area contributed by atoms with Crippen molar-refractivity contribution < 1.29 is 35.4 Å². The summed E-state index contributed by atoms with van der Waals surface area (Å²) in [6, 6.07) is 0. The minimum atomic E-state index is -1.29. The van der Waals surface area contributed by atoms with Crippen molar-refractivity contribution in [1.82, 2.24) is 0 Å². The molecule has 0 aliphatic heterocycles. The maximum absolute atomic E-state index is 11.7. The molecule has 0 aromatic heterocycles. The van der Waals surface area contributed by atoms with Gasteiger partial charge >= 0.3 is 5.97 Å². The predicted molar refractivity (Wildman–Crippen MR) is 140 cm³/mol. The maximum atomic E-state index is 11.7. The lowest BCUT2D eigenvalue weighted by Gasteiger charge is -2.70. The van der Waals surface area contributed by atoms with Gasteiger partial charge in [0.05, 0.1) is 31.0 Å². The van der Waals surface area contributed by atoms with Crippen molar-refractivity contribution in [3.63, 3.8) is 0 Å². The SMILES string of the molecule is C[C@]1(CCC(=O)O)C([C@](C)(O)CO)CC[C@]2(C)C1CC=C1C3C[C@](C)(CO)[C@H](O)[C@@H](O)[C@]3(C)CC[C@]12C. The standard InChI is InChI=1S/C30H50O7/c1-25(16-31)15-19-18-7-8-20-27(3,11-10-22(33)34)21(30(6,37)17-32)9-12-29(20,5)28(18,4)14-13-26(19,2)24(36)23(25)35/h7,19-21,23-24,31-32,35-37H,8-17H2,1-6H3,(H,33,34)/t19?,20?,21?,23-,24-,25-,26-,27-,28-,29-,30-/m1/s1. The Morgan fingerprint density at radius 3 is 2.27 bits per heavy atom. The molecule has 0 radical (unpaired) electrons. The van der Waals surface area contributed by atoms with Crippen molar-refractivity contribution in [3.05, 3.63) is 11.6 Å². The van der Waals surface area contributed by atoms with Gasteiger partial charge in [-0.05, 0) is 85.9 Å². The summed E-state index contributed by atoms with van der Waals surface area (Å²) in [5.41, 5.74) is -2.08. The molecule has 0 bridgehead atoms. The Hall–Kier alpha value is -0.990. The molecule has 3 saturated carbocycles. The molecule has 212 valence electrons. The first-order valence-corrected chi connectivity index (χ1v) is 14.2. The van der Waals surface area contributed by atoms with Crippen LogP contribution < -0.4 is 0 Å². The molecule has 4 rings (SSSR count). The number of aliphatic hydroxyl groups excluding tert-OH is 4. The highest BCUT2D eigenvalue weighted by Gasteiger charge is 2.68. The number of hydrogen-bond donors (Lipinski definition) is 6. The molecule has 11 atom stereocenters. The van der Waals surface area contributed by atoms with E-state index in [1.54, 1.807) is 6.92 Å². The van der Waals surface area contributed by atoms with Crippen LogP contribution >= 0.6 is 0 Å². The Morgan fingerprint density at radius 2 is 1.70 bits per heavy atom. The summed E-state index contributed by atoms with van der Waals surface area (Å²) in [6.07, 6.45) is 5.43. The van der Waals surface area contributed by atoms with E-state index in [1.807, 2.05) is 6.92 Å². The molecule has 3 fully saturated rings. The summed E-state index contributed by atoms with van der Waals surface area (Å²) in [7, 11) is 0.